The van der Waals surface area contributed by atoms with E-state index in [4.69, 9.17) is 0 Å². The van der Waals surface area contributed by atoms with Gasteiger partial charge in [-0.25, -0.2) is 4.98 Å². The van der Waals surface area contributed by atoms with Crippen LogP contribution in [0, 0.1) is 19.8 Å². The third-order valence-electron chi connectivity index (χ3n) is 3.37. The average Bonchev–Trinajstić information content (AvgIpc) is 2.50. The van der Waals surface area contributed by atoms with E-state index in [1.165, 1.54) is 36.3 Å². The predicted octanol–water partition coefficient (Wildman–Crippen LogP) is 3.75. The van der Waals surface area contributed by atoms with E-state index in [0.29, 0.717) is 6.04 Å². The minimum atomic E-state index is 0.658. The second-order valence-electron chi connectivity index (χ2n) is 4.76. The minimum Gasteiger partial charge on any atom is -0.359 e. The van der Waals surface area contributed by atoms with Crippen molar-refractivity contribution in [1.82, 2.24) is 4.98 Å². The Balaban J connectivity index is 1.91. The van der Waals surface area contributed by atoms with Crippen molar-refractivity contribution in [2.75, 3.05) is 5.32 Å². The molecule has 1 N–H and O–H groups in total. The highest BCUT2D eigenvalue weighted by Crippen LogP contribution is 2.28. The SMILES string of the molecule is Cc1nc(NC2CCC(C)CC2)sc1C. The molecule has 0 saturated heterocycles. The second-order valence-corrected chi connectivity index (χ2v) is 5.96. The van der Waals surface area contributed by atoms with Crippen LogP contribution < -0.4 is 5.32 Å². The number of nitrogens with zero attached hydrogens (tertiary/aromatic N) is 1. The average molecular weight is 224 g/mol. The quantitative estimate of drug-likeness (QED) is 0.827. The molecule has 0 aromatic carbocycles. The summed E-state index contributed by atoms with van der Waals surface area (Å²) in [5.41, 5.74) is 1.17. The van der Waals surface area contributed by atoms with Crippen LogP contribution in [0.1, 0.15) is 43.2 Å². The Labute approximate surface area is 96.1 Å². The van der Waals surface area contributed by atoms with Crippen molar-refractivity contribution in [3.8, 4) is 0 Å². The number of rotatable bonds is 2. The smallest absolute Gasteiger partial charge is 0.183 e. The molecule has 15 heavy (non-hydrogen) atoms. The third-order valence-corrected chi connectivity index (χ3v) is 4.38. The van der Waals surface area contributed by atoms with Crippen molar-refractivity contribution in [2.24, 2.45) is 5.92 Å². The molecule has 1 aromatic heterocycles. The number of anilines is 1. The summed E-state index contributed by atoms with van der Waals surface area (Å²) in [5, 5.41) is 4.69. The summed E-state index contributed by atoms with van der Waals surface area (Å²) < 4.78 is 0. The fourth-order valence-corrected chi connectivity index (χ4v) is 3.01. The highest BCUT2D eigenvalue weighted by atomic mass is 32.1. The second kappa shape index (κ2) is 4.52. The lowest BCUT2D eigenvalue weighted by Crippen LogP contribution is -2.25. The van der Waals surface area contributed by atoms with Crippen molar-refractivity contribution in [3.63, 3.8) is 0 Å². The van der Waals surface area contributed by atoms with Crippen LogP contribution in [0.5, 0.6) is 0 Å². The summed E-state index contributed by atoms with van der Waals surface area (Å²) in [4.78, 5) is 5.87. The molecular weight excluding hydrogens is 204 g/mol. The molecule has 1 aliphatic carbocycles. The highest BCUT2D eigenvalue weighted by molar-refractivity contribution is 7.15. The molecule has 0 amide bonds. The summed E-state index contributed by atoms with van der Waals surface area (Å²) in [5.74, 6) is 0.919. The lowest BCUT2D eigenvalue weighted by atomic mass is 9.87. The molecule has 2 rings (SSSR count). The molecule has 0 unspecified atom stereocenters. The largest absolute Gasteiger partial charge is 0.359 e. The summed E-state index contributed by atoms with van der Waals surface area (Å²) in [6.07, 6.45) is 5.33. The van der Waals surface area contributed by atoms with E-state index in [1.807, 2.05) is 0 Å². The number of hydrogen-bond acceptors (Lipinski definition) is 3. The maximum atomic E-state index is 4.53. The van der Waals surface area contributed by atoms with Crippen LogP contribution in [-0.2, 0) is 0 Å². The summed E-state index contributed by atoms with van der Waals surface area (Å²) >= 11 is 1.79. The van der Waals surface area contributed by atoms with Gasteiger partial charge in [0.05, 0.1) is 5.69 Å². The molecule has 0 radical (unpaired) electrons. The van der Waals surface area contributed by atoms with E-state index < -0.39 is 0 Å². The number of nitrogens with one attached hydrogen (secondary N) is 1. The predicted molar refractivity (Wildman–Crippen MR) is 66.6 cm³/mol. The van der Waals surface area contributed by atoms with E-state index in [0.717, 1.165) is 11.0 Å². The Morgan fingerprint density at radius 2 is 1.87 bits per heavy atom. The Kier molecular flexibility index (Phi) is 3.29. The zero-order valence-electron chi connectivity index (χ0n) is 9.84. The van der Waals surface area contributed by atoms with Crippen LogP contribution in [0.3, 0.4) is 0 Å². The molecule has 1 fully saturated rings. The van der Waals surface area contributed by atoms with E-state index >= 15 is 0 Å². The van der Waals surface area contributed by atoms with Crippen LogP contribution >= 0.6 is 11.3 Å². The Morgan fingerprint density at radius 1 is 1.20 bits per heavy atom. The first-order valence-corrected chi connectivity index (χ1v) is 6.67. The number of aryl methyl sites for hydroxylation is 2. The minimum absolute atomic E-state index is 0.658. The van der Waals surface area contributed by atoms with Gasteiger partial charge in [-0.05, 0) is 45.4 Å². The number of thiazole rings is 1. The lowest BCUT2D eigenvalue weighted by molar-refractivity contribution is 0.361. The normalized spacial score (nSPS) is 26.6. The molecule has 0 bridgehead atoms. The topological polar surface area (TPSA) is 24.9 Å². The Morgan fingerprint density at radius 3 is 2.40 bits per heavy atom. The molecule has 1 saturated carbocycles. The summed E-state index contributed by atoms with van der Waals surface area (Å²) in [7, 11) is 0. The molecule has 84 valence electrons. The van der Waals surface area contributed by atoms with Crippen LogP contribution in [0.4, 0.5) is 5.13 Å². The molecule has 0 atom stereocenters. The van der Waals surface area contributed by atoms with Crippen molar-refractivity contribution in [1.29, 1.82) is 0 Å². The van der Waals surface area contributed by atoms with Gasteiger partial charge in [0, 0.05) is 10.9 Å². The first kappa shape index (κ1) is 10.9. The Hall–Kier alpha value is -0.570. The fraction of sp³-hybridized carbons (Fsp3) is 0.750. The molecule has 2 nitrogen and oxygen atoms in total. The van der Waals surface area contributed by atoms with E-state index in [9.17, 15) is 0 Å². The first-order chi connectivity index (χ1) is 7.15. The molecule has 0 aliphatic heterocycles. The van der Waals surface area contributed by atoms with Gasteiger partial charge in [0.2, 0.25) is 0 Å². The van der Waals surface area contributed by atoms with Crippen LogP contribution in [0.15, 0.2) is 0 Å². The molecule has 0 spiro atoms. The molecule has 1 aromatic rings. The van der Waals surface area contributed by atoms with Gasteiger partial charge in [0.15, 0.2) is 5.13 Å². The van der Waals surface area contributed by atoms with E-state index in [1.54, 1.807) is 11.3 Å². The van der Waals surface area contributed by atoms with Gasteiger partial charge in [-0.3, -0.25) is 0 Å². The van der Waals surface area contributed by atoms with Crippen LogP contribution in [-0.4, -0.2) is 11.0 Å². The van der Waals surface area contributed by atoms with Crippen molar-refractivity contribution in [2.45, 2.75) is 52.5 Å². The van der Waals surface area contributed by atoms with Gasteiger partial charge in [-0.15, -0.1) is 11.3 Å². The number of hydrogen-bond donors (Lipinski definition) is 1. The monoisotopic (exact) mass is 224 g/mol. The van der Waals surface area contributed by atoms with Gasteiger partial charge in [0.25, 0.3) is 0 Å². The first-order valence-electron chi connectivity index (χ1n) is 5.85. The summed E-state index contributed by atoms with van der Waals surface area (Å²) in [6, 6.07) is 0.658. The molecule has 3 heteroatoms. The molecular formula is C12H20N2S. The van der Waals surface area contributed by atoms with E-state index in [2.05, 4.69) is 31.1 Å². The van der Waals surface area contributed by atoms with Crippen molar-refractivity contribution >= 4 is 16.5 Å². The maximum Gasteiger partial charge on any atom is 0.183 e. The summed E-state index contributed by atoms with van der Waals surface area (Å²) in [6.45, 7) is 6.58. The standard InChI is InChI=1S/C12H20N2S/c1-8-4-6-11(7-5-8)14-12-13-9(2)10(3)15-12/h8,11H,4-7H2,1-3H3,(H,13,14). The zero-order valence-corrected chi connectivity index (χ0v) is 10.7. The van der Waals surface area contributed by atoms with Crippen LogP contribution in [0.2, 0.25) is 0 Å². The lowest BCUT2D eigenvalue weighted by Gasteiger charge is -2.26. The van der Waals surface area contributed by atoms with Gasteiger partial charge < -0.3 is 5.32 Å². The highest BCUT2D eigenvalue weighted by Gasteiger charge is 2.18. The fourth-order valence-electron chi connectivity index (χ4n) is 2.11. The number of aromatic nitrogens is 1. The van der Waals surface area contributed by atoms with Gasteiger partial charge in [-0.2, -0.15) is 0 Å². The van der Waals surface area contributed by atoms with Gasteiger partial charge in [-0.1, -0.05) is 6.92 Å². The van der Waals surface area contributed by atoms with Gasteiger partial charge >= 0.3 is 0 Å². The van der Waals surface area contributed by atoms with Crippen molar-refractivity contribution < 1.29 is 0 Å². The van der Waals surface area contributed by atoms with E-state index in [-0.39, 0.29) is 0 Å². The van der Waals surface area contributed by atoms with Gasteiger partial charge in [0.1, 0.15) is 0 Å². The molecule has 1 heterocycles. The Bertz CT molecular complexity index is 305. The van der Waals surface area contributed by atoms with Crippen LogP contribution in [0.25, 0.3) is 0 Å². The maximum absolute atomic E-state index is 4.53. The zero-order chi connectivity index (χ0) is 10.8. The van der Waals surface area contributed by atoms with Crippen molar-refractivity contribution in [3.05, 3.63) is 10.6 Å². The molecule has 1 aliphatic rings. The third kappa shape index (κ3) is 2.71.